The Bertz CT molecular complexity index is 1160. The van der Waals surface area contributed by atoms with Gasteiger partial charge in [0.1, 0.15) is 5.75 Å². The van der Waals surface area contributed by atoms with Gasteiger partial charge in [0.25, 0.3) is 0 Å². The van der Waals surface area contributed by atoms with E-state index in [1.54, 1.807) is 7.11 Å². The number of carbonyl (C=O) groups is 1. The lowest BCUT2D eigenvalue weighted by atomic mass is 10.0. The van der Waals surface area contributed by atoms with Crippen molar-refractivity contribution < 1.29 is 9.53 Å². The highest BCUT2D eigenvalue weighted by Gasteiger charge is 2.14. The average Bonchev–Trinajstić information content (AvgIpc) is 3.15. The Morgan fingerprint density at radius 2 is 1.83 bits per heavy atom. The van der Waals surface area contributed by atoms with Gasteiger partial charge < -0.3 is 15.0 Å². The smallest absolute Gasteiger partial charge is 0.220 e. The molecule has 2 heterocycles. The predicted octanol–water partition coefficient (Wildman–Crippen LogP) is 4.80. The van der Waals surface area contributed by atoms with Crippen LogP contribution in [0.5, 0.6) is 5.75 Å². The largest absolute Gasteiger partial charge is 0.497 e. The number of nitrogens with one attached hydrogen (secondary N) is 2. The van der Waals surface area contributed by atoms with Crippen molar-refractivity contribution in [3.05, 3.63) is 83.7 Å². The normalized spacial score (nSPS) is 10.9. The standard InChI is InChI=1S/C25H25N3O2/c1-17-6-5-7-19(27-17)16-26-24(29)15-14-22-21-8-3-4-9-23(21)28-25(22)18-10-12-20(30-2)13-11-18/h3-13,28H,14-16H2,1-2H3,(H,26,29). The minimum atomic E-state index is 0.0178. The number of hydrogen-bond donors (Lipinski definition) is 2. The Kier molecular flexibility index (Phi) is 5.80. The van der Waals surface area contributed by atoms with Crippen LogP contribution in [0.2, 0.25) is 0 Å². The van der Waals surface area contributed by atoms with E-state index in [1.165, 1.54) is 0 Å². The number of hydrogen-bond acceptors (Lipinski definition) is 3. The second-order valence-corrected chi connectivity index (χ2v) is 7.30. The minimum absolute atomic E-state index is 0.0178. The Hall–Kier alpha value is -3.60. The van der Waals surface area contributed by atoms with Gasteiger partial charge in [-0.3, -0.25) is 9.78 Å². The molecule has 4 aromatic rings. The number of benzene rings is 2. The third-order valence-corrected chi connectivity index (χ3v) is 5.21. The number of amides is 1. The fourth-order valence-corrected chi connectivity index (χ4v) is 3.68. The molecule has 30 heavy (non-hydrogen) atoms. The van der Waals surface area contributed by atoms with Gasteiger partial charge in [-0.25, -0.2) is 0 Å². The molecule has 1 amide bonds. The summed E-state index contributed by atoms with van der Waals surface area (Å²) in [6.45, 7) is 2.39. The summed E-state index contributed by atoms with van der Waals surface area (Å²) in [5.74, 6) is 0.838. The van der Waals surface area contributed by atoms with E-state index in [1.807, 2.05) is 61.5 Å². The quantitative estimate of drug-likeness (QED) is 0.469. The first kappa shape index (κ1) is 19.7. The Labute approximate surface area is 176 Å². The lowest BCUT2D eigenvalue weighted by Crippen LogP contribution is -2.23. The fourth-order valence-electron chi connectivity index (χ4n) is 3.68. The zero-order valence-electron chi connectivity index (χ0n) is 17.2. The van der Waals surface area contributed by atoms with E-state index in [0.29, 0.717) is 19.4 Å². The predicted molar refractivity (Wildman–Crippen MR) is 119 cm³/mol. The lowest BCUT2D eigenvalue weighted by Gasteiger charge is -2.08. The van der Waals surface area contributed by atoms with Crippen molar-refractivity contribution in [1.29, 1.82) is 0 Å². The summed E-state index contributed by atoms with van der Waals surface area (Å²) >= 11 is 0. The number of carbonyl (C=O) groups excluding carboxylic acids is 1. The van der Waals surface area contributed by atoms with E-state index >= 15 is 0 Å². The molecule has 0 bridgehead atoms. The topological polar surface area (TPSA) is 67.0 Å². The molecule has 2 aromatic carbocycles. The molecule has 5 nitrogen and oxygen atoms in total. The molecule has 0 aliphatic heterocycles. The van der Waals surface area contributed by atoms with Gasteiger partial charge in [0, 0.05) is 28.7 Å². The molecular formula is C25H25N3O2. The van der Waals surface area contributed by atoms with Gasteiger partial charge in [0.05, 0.1) is 19.3 Å². The molecule has 0 atom stereocenters. The summed E-state index contributed by atoms with van der Waals surface area (Å²) in [4.78, 5) is 20.5. The Morgan fingerprint density at radius 3 is 2.60 bits per heavy atom. The summed E-state index contributed by atoms with van der Waals surface area (Å²) in [6, 6.07) is 22.0. The summed E-state index contributed by atoms with van der Waals surface area (Å²) in [7, 11) is 1.66. The van der Waals surface area contributed by atoms with Gasteiger partial charge in [0.2, 0.25) is 5.91 Å². The highest BCUT2D eigenvalue weighted by atomic mass is 16.5. The molecule has 2 N–H and O–H groups in total. The molecule has 5 heteroatoms. The summed E-state index contributed by atoms with van der Waals surface area (Å²) < 4.78 is 5.28. The van der Waals surface area contributed by atoms with Crippen LogP contribution in [0, 0.1) is 6.92 Å². The van der Waals surface area contributed by atoms with Gasteiger partial charge in [-0.05, 0) is 66.9 Å². The molecule has 4 rings (SSSR count). The zero-order chi connectivity index (χ0) is 20.9. The molecular weight excluding hydrogens is 374 g/mol. The second-order valence-electron chi connectivity index (χ2n) is 7.30. The van der Waals surface area contributed by atoms with Crippen LogP contribution in [-0.2, 0) is 17.8 Å². The number of pyridine rings is 1. The van der Waals surface area contributed by atoms with Gasteiger partial charge in [-0.1, -0.05) is 24.3 Å². The third-order valence-electron chi connectivity index (χ3n) is 5.21. The minimum Gasteiger partial charge on any atom is -0.497 e. The molecule has 0 saturated carbocycles. The third kappa shape index (κ3) is 4.35. The molecule has 0 fully saturated rings. The van der Waals surface area contributed by atoms with Crippen LogP contribution in [0.25, 0.3) is 22.2 Å². The maximum Gasteiger partial charge on any atom is 0.220 e. The Balaban J connectivity index is 1.51. The molecule has 0 aliphatic rings. The monoisotopic (exact) mass is 399 g/mol. The van der Waals surface area contributed by atoms with Crippen molar-refractivity contribution in [2.75, 3.05) is 7.11 Å². The van der Waals surface area contributed by atoms with Crippen molar-refractivity contribution in [3.63, 3.8) is 0 Å². The van der Waals surface area contributed by atoms with Crippen LogP contribution in [0.15, 0.2) is 66.7 Å². The number of rotatable bonds is 7. The summed E-state index contributed by atoms with van der Waals surface area (Å²) in [5.41, 5.74) is 6.17. The van der Waals surface area contributed by atoms with E-state index in [2.05, 4.69) is 27.4 Å². The molecule has 0 aliphatic carbocycles. The van der Waals surface area contributed by atoms with E-state index in [4.69, 9.17) is 4.74 Å². The number of fused-ring (bicyclic) bond motifs is 1. The van der Waals surface area contributed by atoms with Gasteiger partial charge in [0.15, 0.2) is 0 Å². The summed E-state index contributed by atoms with van der Waals surface area (Å²) in [5, 5.41) is 4.13. The zero-order valence-corrected chi connectivity index (χ0v) is 17.2. The van der Waals surface area contributed by atoms with E-state index in [0.717, 1.165) is 44.9 Å². The number of aryl methyl sites for hydroxylation is 2. The van der Waals surface area contributed by atoms with Crippen LogP contribution in [0.4, 0.5) is 0 Å². The van der Waals surface area contributed by atoms with Crippen LogP contribution in [-0.4, -0.2) is 23.0 Å². The molecule has 0 saturated heterocycles. The molecule has 0 radical (unpaired) electrons. The number of ether oxygens (including phenoxy) is 1. The van der Waals surface area contributed by atoms with Gasteiger partial charge in [-0.15, -0.1) is 0 Å². The van der Waals surface area contributed by atoms with Crippen LogP contribution in [0.3, 0.4) is 0 Å². The number of nitrogens with zero attached hydrogens (tertiary/aromatic N) is 1. The first-order valence-corrected chi connectivity index (χ1v) is 10.1. The van der Waals surface area contributed by atoms with Gasteiger partial charge >= 0.3 is 0 Å². The van der Waals surface area contributed by atoms with Crippen molar-refractivity contribution in [2.45, 2.75) is 26.3 Å². The average molecular weight is 399 g/mol. The molecule has 0 spiro atoms. The maximum atomic E-state index is 12.5. The van der Waals surface area contributed by atoms with E-state index in [9.17, 15) is 4.79 Å². The number of H-pyrrole nitrogens is 1. The molecule has 2 aromatic heterocycles. The SMILES string of the molecule is COc1ccc(-c2[nH]c3ccccc3c2CCC(=O)NCc2cccc(C)n2)cc1. The van der Waals surface area contributed by atoms with Crippen molar-refractivity contribution >= 4 is 16.8 Å². The maximum absolute atomic E-state index is 12.5. The summed E-state index contributed by atoms with van der Waals surface area (Å²) in [6.07, 6.45) is 1.06. The first-order chi connectivity index (χ1) is 14.6. The molecule has 0 unspecified atom stereocenters. The van der Waals surface area contributed by atoms with E-state index < -0.39 is 0 Å². The Morgan fingerprint density at radius 1 is 1.03 bits per heavy atom. The highest BCUT2D eigenvalue weighted by molar-refractivity contribution is 5.91. The highest BCUT2D eigenvalue weighted by Crippen LogP contribution is 2.32. The number of aromatic amines is 1. The van der Waals surface area contributed by atoms with Crippen molar-refractivity contribution in [3.8, 4) is 17.0 Å². The van der Waals surface area contributed by atoms with E-state index in [-0.39, 0.29) is 5.91 Å². The van der Waals surface area contributed by atoms with Crippen LogP contribution in [0.1, 0.15) is 23.4 Å². The van der Waals surface area contributed by atoms with Crippen LogP contribution >= 0.6 is 0 Å². The lowest BCUT2D eigenvalue weighted by molar-refractivity contribution is -0.121. The number of methoxy groups -OCH3 is 1. The second kappa shape index (κ2) is 8.82. The number of aromatic nitrogens is 2. The van der Waals surface area contributed by atoms with Crippen molar-refractivity contribution in [2.24, 2.45) is 0 Å². The number of para-hydroxylation sites is 1. The molecule has 152 valence electrons. The fraction of sp³-hybridized carbons (Fsp3) is 0.200. The van der Waals surface area contributed by atoms with Crippen molar-refractivity contribution in [1.82, 2.24) is 15.3 Å². The van der Waals surface area contributed by atoms with Gasteiger partial charge in [-0.2, -0.15) is 0 Å². The van der Waals surface area contributed by atoms with Crippen LogP contribution < -0.4 is 10.1 Å². The first-order valence-electron chi connectivity index (χ1n) is 10.1.